The number of nitrogens with zero attached hydrogens (tertiary/aromatic N) is 1. The van der Waals surface area contributed by atoms with Crippen molar-refractivity contribution in [2.75, 3.05) is 0 Å². The number of hydrogen-bond donors (Lipinski definition) is 1. The van der Waals surface area contributed by atoms with E-state index in [1.807, 2.05) is 19.9 Å². The normalized spacial score (nSPS) is 10.5. The Bertz CT molecular complexity index is 664. The predicted molar refractivity (Wildman–Crippen MR) is 74.4 cm³/mol. The van der Waals surface area contributed by atoms with Crippen molar-refractivity contribution in [2.45, 2.75) is 13.8 Å². The van der Waals surface area contributed by atoms with E-state index < -0.39 is 0 Å². The molecule has 17 heavy (non-hydrogen) atoms. The number of nitrogens with one attached hydrogen (secondary N) is 1. The van der Waals surface area contributed by atoms with Crippen LogP contribution in [-0.4, -0.2) is 9.55 Å². The summed E-state index contributed by atoms with van der Waals surface area (Å²) in [6, 6.07) is 5.56. The van der Waals surface area contributed by atoms with Gasteiger partial charge in [0, 0.05) is 16.7 Å². The fourth-order valence-electron chi connectivity index (χ4n) is 1.81. The van der Waals surface area contributed by atoms with Gasteiger partial charge in [0.1, 0.15) is 0 Å². The summed E-state index contributed by atoms with van der Waals surface area (Å²) in [6.45, 7) is 4.05. The first-order valence-electron chi connectivity index (χ1n) is 5.08. The number of H-pyrrole nitrogens is 1. The highest BCUT2D eigenvalue weighted by atomic mass is 79.9. The average Bonchev–Trinajstić information content (AvgIpc) is 2.19. The molecule has 0 saturated carbocycles. The first kappa shape index (κ1) is 12.3. The number of halogens is 1. The van der Waals surface area contributed by atoms with E-state index in [0.29, 0.717) is 4.77 Å². The Hall–Kier alpha value is -1.20. The minimum Gasteiger partial charge on any atom is -0.299 e. The van der Waals surface area contributed by atoms with Crippen LogP contribution in [0.2, 0.25) is 0 Å². The van der Waals surface area contributed by atoms with Gasteiger partial charge < -0.3 is 0 Å². The zero-order chi connectivity index (χ0) is 12.6. The van der Waals surface area contributed by atoms with Crippen LogP contribution in [0.3, 0.4) is 0 Å². The van der Waals surface area contributed by atoms with Crippen LogP contribution >= 0.6 is 28.1 Å². The van der Waals surface area contributed by atoms with Gasteiger partial charge in [-0.25, -0.2) is 0 Å². The SMILES string of the molecule is Cc1cc(C)c(-n2ccc(=O)[nH]c2=S)c(Br)c1. The Labute approximate surface area is 112 Å². The summed E-state index contributed by atoms with van der Waals surface area (Å²) in [5, 5.41) is 0. The molecule has 0 aliphatic carbocycles. The molecule has 1 heterocycles. The van der Waals surface area contributed by atoms with E-state index in [1.54, 1.807) is 10.8 Å². The van der Waals surface area contributed by atoms with E-state index in [2.05, 4.69) is 27.0 Å². The monoisotopic (exact) mass is 310 g/mol. The summed E-state index contributed by atoms with van der Waals surface area (Å²) in [5.41, 5.74) is 3.04. The van der Waals surface area contributed by atoms with Gasteiger partial charge in [0.2, 0.25) is 0 Å². The number of hydrogen-bond acceptors (Lipinski definition) is 2. The maximum atomic E-state index is 11.2. The average molecular weight is 311 g/mol. The molecule has 2 rings (SSSR count). The molecule has 0 radical (unpaired) electrons. The highest BCUT2D eigenvalue weighted by Crippen LogP contribution is 2.26. The molecule has 0 aliphatic rings. The molecule has 0 fully saturated rings. The van der Waals surface area contributed by atoms with Crippen LogP contribution in [0, 0.1) is 18.6 Å². The molecule has 1 N–H and O–H groups in total. The number of aromatic nitrogens is 2. The van der Waals surface area contributed by atoms with Crippen molar-refractivity contribution in [3.63, 3.8) is 0 Å². The minimum absolute atomic E-state index is 0.188. The summed E-state index contributed by atoms with van der Waals surface area (Å²) in [4.78, 5) is 13.8. The molecule has 1 aromatic carbocycles. The second-order valence-electron chi connectivity index (χ2n) is 3.89. The lowest BCUT2D eigenvalue weighted by Crippen LogP contribution is -2.11. The Balaban J connectivity index is 2.77. The Morgan fingerprint density at radius 2 is 2.06 bits per heavy atom. The van der Waals surface area contributed by atoms with Gasteiger partial charge >= 0.3 is 0 Å². The highest BCUT2D eigenvalue weighted by molar-refractivity contribution is 9.10. The zero-order valence-electron chi connectivity index (χ0n) is 9.45. The molecule has 2 aromatic rings. The van der Waals surface area contributed by atoms with Crippen molar-refractivity contribution in [1.29, 1.82) is 0 Å². The molecule has 0 aliphatic heterocycles. The number of rotatable bonds is 1. The van der Waals surface area contributed by atoms with E-state index in [4.69, 9.17) is 12.2 Å². The molecule has 1 aromatic heterocycles. The third kappa shape index (κ3) is 2.40. The maximum Gasteiger partial charge on any atom is 0.251 e. The van der Waals surface area contributed by atoms with Crippen LogP contribution < -0.4 is 5.56 Å². The largest absolute Gasteiger partial charge is 0.299 e. The fraction of sp³-hybridized carbons (Fsp3) is 0.167. The lowest BCUT2D eigenvalue weighted by Gasteiger charge is -2.12. The number of aromatic amines is 1. The molecule has 5 heteroatoms. The maximum absolute atomic E-state index is 11.2. The lowest BCUT2D eigenvalue weighted by molar-refractivity contribution is 0.923. The quantitative estimate of drug-likeness (QED) is 0.821. The molecule has 0 saturated heterocycles. The second-order valence-corrected chi connectivity index (χ2v) is 5.13. The lowest BCUT2D eigenvalue weighted by atomic mass is 10.1. The van der Waals surface area contributed by atoms with Gasteiger partial charge in [-0.05, 0) is 59.2 Å². The van der Waals surface area contributed by atoms with Gasteiger partial charge in [0.15, 0.2) is 4.77 Å². The van der Waals surface area contributed by atoms with Crippen molar-refractivity contribution >= 4 is 28.1 Å². The zero-order valence-corrected chi connectivity index (χ0v) is 11.9. The smallest absolute Gasteiger partial charge is 0.251 e. The van der Waals surface area contributed by atoms with Gasteiger partial charge in [-0.1, -0.05) is 6.07 Å². The Morgan fingerprint density at radius 1 is 1.35 bits per heavy atom. The third-order valence-electron chi connectivity index (χ3n) is 2.46. The van der Waals surface area contributed by atoms with Gasteiger partial charge in [-0.15, -0.1) is 0 Å². The molecular weight excluding hydrogens is 300 g/mol. The molecule has 0 bridgehead atoms. The van der Waals surface area contributed by atoms with E-state index in [0.717, 1.165) is 15.7 Å². The van der Waals surface area contributed by atoms with E-state index >= 15 is 0 Å². The van der Waals surface area contributed by atoms with Crippen LogP contribution in [0.5, 0.6) is 0 Å². The summed E-state index contributed by atoms with van der Waals surface area (Å²) < 4.78 is 3.14. The molecule has 0 spiro atoms. The fourth-order valence-corrected chi connectivity index (χ4v) is 2.92. The molecule has 0 unspecified atom stereocenters. The number of benzene rings is 1. The van der Waals surface area contributed by atoms with Gasteiger partial charge in [-0.2, -0.15) is 0 Å². The summed E-state index contributed by atoms with van der Waals surface area (Å²) in [7, 11) is 0. The van der Waals surface area contributed by atoms with Crippen molar-refractivity contribution in [1.82, 2.24) is 9.55 Å². The third-order valence-corrected chi connectivity index (χ3v) is 3.37. The summed E-state index contributed by atoms with van der Waals surface area (Å²) >= 11 is 8.69. The summed E-state index contributed by atoms with van der Waals surface area (Å²) in [6.07, 6.45) is 1.68. The van der Waals surface area contributed by atoms with Crippen molar-refractivity contribution < 1.29 is 0 Å². The molecule has 0 atom stereocenters. The Kier molecular flexibility index (Phi) is 3.31. The first-order chi connectivity index (χ1) is 7.99. The van der Waals surface area contributed by atoms with Crippen LogP contribution in [-0.2, 0) is 0 Å². The van der Waals surface area contributed by atoms with Crippen LogP contribution in [0.4, 0.5) is 0 Å². The van der Waals surface area contributed by atoms with Crippen molar-refractivity contribution in [3.8, 4) is 5.69 Å². The van der Waals surface area contributed by atoms with Gasteiger partial charge in [0.05, 0.1) is 5.69 Å². The van der Waals surface area contributed by atoms with E-state index in [-0.39, 0.29) is 5.56 Å². The summed E-state index contributed by atoms with van der Waals surface area (Å²) in [5.74, 6) is 0. The van der Waals surface area contributed by atoms with Crippen molar-refractivity contribution in [2.24, 2.45) is 0 Å². The Morgan fingerprint density at radius 3 is 2.65 bits per heavy atom. The molecule has 3 nitrogen and oxygen atoms in total. The van der Waals surface area contributed by atoms with E-state index in [1.165, 1.54) is 11.6 Å². The van der Waals surface area contributed by atoms with Gasteiger partial charge in [-0.3, -0.25) is 14.3 Å². The molecule has 88 valence electrons. The predicted octanol–water partition coefficient (Wildman–Crippen LogP) is 3.27. The van der Waals surface area contributed by atoms with Crippen LogP contribution in [0.25, 0.3) is 5.69 Å². The topological polar surface area (TPSA) is 37.8 Å². The standard InChI is InChI=1S/C12H11BrN2OS/c1-7-5-8(2)11(9(13)6-7)15-4-3-10(16)14-12(15)17/h3-6H,1-2H3,(H,14,16,17). The van der Waals surface area contributed by atoms with E-state index in [9.17, 15) is 4.79 Å². The molecular formula is C12H11BrN2OS. The first-order valence-corrected chi connectivity index (χ1v) is 6.28. The van der Waals surface area contributed by atoms with Crippen LogP contribution in [0.1, 0.15) is 11.1 Å². The minimum atomic E-state index is -0.188. The van der Waals surface area contributed by atoms with Gasteiger partial charge in [0.25, 0.3) is 5.56 Å². The highest BCUT2D eigenvalue weighted by Gasteiger charge is 2.07. The van der Waals surface area contributed by atoms with Crippen LogP contribution in [0.15, 0.2) is 33.7 Å². The molecule has 0 amide bonds. The number of aryl methyl sites for hydroxylation is 2. The second kappa shape index (κ2) is 4.58. The van der Waals surface area contributed by atoms with Crippen molar-refractivity contribution in [3.05, 3.63) is 55.1 Å².